The molecule has 0 bridgehead atoms. The van der Waals surface area contributed by atoms with Crippen molar-refractivity contribution >= 4 is 28.3 Å². The second-order valence-corrected chi connectivity index (χ2v) is 6.68. The lowest BCUT2D eigenvalue weighted by Crippen LogP contribution is -2.35. The minimum atomic E-state index is -0.325. The number of hydrogen-bond donors (Lipinski definition) is 1. The Balaban J connectivity index is 2.01. The Morgan fingerprint density at radius 2 is 2.26 bits per heavy atom. The molecule has 0 aliphatic carbocycles. The maximum Gasteiger partial charge on any atom is 0.133 e. The summed E-state index contributed by atoms with van der Waals surface area (Å²) >= 11 is 6.44. The highest BCUT2D eigenvalue weighted by atomic mass is 35.5. The van der Waals surface area contributed by atoms with Crippen LogP contribution in [-0.2, 0) is 4.74 Å². The average molecular weight is 339 g/mol. The summed E-state index contributed by atoms with van der Waals surface area (Å²) in [4.78, 5) is 6.80. The zero-order chi connectivity index (χ0) is 16.6. The summed E-state index contributed by atoms with van der Waals surface area (Å²) in [6.45, 7) is 3.91. The predicted octanol–water partition coefficient (Wildman–Crippen LogP) is 3.17. The van der Waals surface area contributed by atoms with Gasteiger partial charge in [-0.1, -0.05) is 11.6 Å². The van der Waals surface area contributed by atoms with Crippen LogP contribution in [-0.4, -0.2) is 43.5 Å². The molecule has 1 fully saturated rings. The number of rotatable bonds is 4. The third kappa shape index (κ3) is 2.89. The van der Waals surface area contributed by atoms with Crippen molar-refractivity contribution in [2.45, 2.75) is 13.3 Å². The molecule has 1 unspecified atom stereocenters. The summed E-state index contributed by atoms with van der Waals surface area (Å²) in [5.74, 6) is 0.467. The molecule has 4 nitrogen and oxygen atoms in total. The van der Waals surface area contributed by atoms with Gasteiger partial charge in [0.2, 0.25) is 0 Å². The number of methoxy groups -OCH3 is 1. The summed E-state index contributed by atoms with van der Waals surface area (Å²) < 4.78 is 18.7. The lowest BCUT2D eigenvalue weighted by atomic mass is 9.89. The molecule has 0 spiro atoms. The van der Waals surface area contributed by atoms with Crippen molar-refractivity contribution in [3.05, 3.63) is 34.6 Å². The lowest BCUT2D eigenvalue weighted by Gasteiger charge is -2.27. The monoisotopic (exact) mass is 338 g/mol. The molecule has 0 radical (unpaired) electrons. The van der Waals surface area contributed by atoms with Gasteiger partial charge in [0.25, 0.3) is 0 Å². The number of fused-ring (bicyclic) bond motifs is 1. The van der Waals surface area contributed by atoms with Gasteiger partial charge in [-0.3, -0.25) is 0 Å². The van der Waals surface area contributed by atoms with Gasteiger partial charge in [-0.15, -0.1) is 0 Å². The van der Waals surface area contributed by atoms with E-state index in [1.165, 1.54) is 12.1 Å². The number of halogens is 2. The molecule has 2 heterocycles. The number of aliphatic hydroxyl groups excluding tert-OH is 1. The molecule has 0 saturated carbocycles. The van der Waals surface area contributed by atoms with Gasteiger partial charge in [-0.25, -0.2) is 9.37 Å². The predicted molar refractivity (Wildman–Crippen MR) is 89.7 cm³/mol. The Kier molecular flexibility index (Phi) is 4.45. The topological polar surface area (TPSA) is 45.6 Å². The van der Waals surface area contributed by atoms with Crippen LogP contribution in [0.15, 0.2) is 18.2 Å². The summed E-state index contributed by atoms with van der Waals surface area (Å²) in [6, 6.07) is 4.44. The third-order valence-electron chi connectivity index (χ3n) is 4.61. The molecule has 1 aromatic heterocycles. The summed E-state index contributed by atoms with van der Waals surface area (Å²) in [7, 11) is 1.64. The quantitative estimate of drug-likeness (QED) is 0.930. The van der Waals surface area contributed by atoms with Crippen molar-refractivity contribution in [1.82, 2.24) is 4.98 Å². The molecular formula is C17H20ClFN2O2. The fourth-order valence-corrected chi connectivity index (χ4v) is 3.54. The maximum atomic E-state index is 13.4. The molecule has 1 aromatic carbocycles. The molecule has 1 aliphatic heterocycles. The summed E-state index contributed by atoms with van der Waals surface area (Å²) in [5.41, 5.74) is 1.23. The zero-order valence-electron chi connectivity index (χ0n) is 13.3. The van der Waals surface area contributed by atoms with Crippen LogP contribution in [0.4, 0.5) is 10.2 Å². The Bertz CT molecular complexity index is 740. The third-order valence-corrected chi connectivity index (χ3v) is 5.10. The molecule has 6 heteroatoms. The molecule has 1 aliphatic rings. The van der Waals surface area contributed by atoms with E-state index in [0.29, 0.717) is 29.1 Å². The van der Waals surface area contributed by atoms with Crippen molar-refractivity contribution in [2.75, 3.05) is 38.3 Å². The highest BCUT2D eigenvalue weighted by Crippen LogP contribution is 2.38. The van der Waals surface area contributed by atoms with E-state index in [9.17, 15) is 9.50 Å². The SMILES string of the molecule is COCC1(CO)CCN(c2nc3ccc(F)cc3c(Cl)c2C)C1. The Morgan fingerprint density at radius 3 is 2.96 bits per heavy atom. The number of nitrogens with zero attached hydrogens (tertiary/aromatic N) is 2. The lowest BCUT2D eigenvalue weighted by molar-refractivity contribution is 0.0447. The van der Waals surface area contributed by atoms with Gasteiger partial charge in [0, 0.05) is 36.6 Å². The minimum absolute atomic E-state index is 0.0723. The number of benzene rings is 1. The van der Waals surface area contributed by atoms with Crippen LogP contribution in [0.3, 0.4) is 0 Å². The normalized spacial score (nSPS) is 21.3. The van der Waals surface area contributed by atoms with E-state index in [2.05, 4.69) is 9.88 Å². The smallest absolute Gasteiger partial charge is 0.133 e. The van der Waals surface area contributed by atoms with Crippen LogP contribution >= 0.6 is 11.6 Å². The first-order valence-corrected chi connectivity index (χ1v) is 7.97. The van der Waals surface area contributed by atoms with Gasteiger partial charge in [-0.2, -0.15) is 0 Å². The van der Waals surface area contributed by atoms with Crippen LogP contribution in [0.25, 0.3) is 10.9 Å². The Labute approximate surface area is 139 Å². The average Bonchev–Trinajstić information content (AvgIpc) is 2.96. The van der Waals surface area contributed by atoms with Crippen molar-refractivity contribution in [1.29, 1.82) is 0 Å². The molecule has 1 N–H and O–H groups in total. The number of pyridine rings is 1. The number of anilines is 1. The number of ether oxygens (including phenoxy) is 1. The summed E-state index contributed by atoms with van der Waals surface area (Å²) in [5, 5.41) is 10.9. The van der Waals surface area contributed by atoms with E-state index < -0.39 is 0 Å². The molecule has 23 heavy (non-hydrogen) atoms. The van der Waals surface area contributed by atoms with Gasteiger partial charge < -0.3 is 14.7 Å². The largest absolute Gasteiger partial charge is 0.396 e. The van der Waals surface area contributed by atoms with Crippen LogP contribution in [0, 0.1) is 18.2 Å². The first-order valence-electron chi connectivity index (χ1n) is 7.60. The van der Waals surface area contributed by atoms with Gasteiger partial charge in [0.05, 0.1) is 23.8 Å². The minimum Gasteiger partial charge on any atom is -0.396 e. The van der Waals surface area contributed by atoms with E-state index in [1.807, 2.05) is 6.92 Å². The van der Waals surface area contributed by atoms with Gasteiger partial charge in [0.1, 0.15) is 11.6 Å². The fourth-order valence-electron chi connectivity index (χ4n) is 3.30. The highest BCUT2D eigenvalue weighted by molar-refractivity contribution is 6.36. The van der Waals surface area contributed by atoms with Crippen molar-refractivity contribution in [2.24, 2.45) is 5.41 Å². The van der Waals surface area contributed by atoms with Gasteiger partial charge in [-0.05, 0) is 31.5 Å². The second kappa shape index (κ2) is 6.23. The van der Waals surface area contributed by atoms with Gasteiger partial charge >= 0.3 is 0 Å². The van der Waals surface area contributed by atoms with Crippen LogP contribution in [0.5, 0.6) is 0 Å². The first kappa shape index (κ1) is 16.4. The van der Waals surface area contributed by atoms with Crippen LogP contribution in [0.1, 0.15) is 12.0 Å². The Morgan fingerprint density at radius 1 is 1.48 bits per heavy atom. The molecular weight excluding hydrogens is 319 g/mol. The summed E-state index contributed by atoms with van der Waals surface area (Å²) in [6.07, 6.45) is 0.831. The van der Waals surface area contributed by atoms with Gasteiger partial charge in [0.15, 0.2) is 0 Å². The number of hydrogen-bond acceptors (Lipinski definition) is 4. The molecule has 3 rings (SSSR count). The maximum absolute atomic E-state index is 13.4. The molecule has 1 atom stereocenters. The van der Waals surface area contributed by atoms with E-state index >= 15 is 0 Å². The molecule has 1 saturated heterocycles. The first-order chi connectivity index (χ1) is 11.0. The number of aliphatic hydroxyl groups is 1. The molecule has 124 valence electrons. The number of aromatic nitrogens is 1. The van der Waals surface area contributed by atoms with E-state index in [1.54, 1.807) is 13.2 Å². The second-order valence-electron chi connectivity index (χ2n) is 6.30. The standard InChI is InChI=1S/C17H20ClFN2O2/c1-11-15(18)13-7-12(19)3-4-14(13)20-16(11)21-6-5-17(8-21,9-22)10-23-2/h3-4,7,22H,5-6,8-10H2,1-2H3. The van der Waals surface area contributed by atoms with Crippen LogP contribution < -0.4 is 4.90 Å². The molecule has 0 amide bonds. The molecule has 2 aromatic rings. The van der Waals surface area contributed by atoms with Crippen molar-refractivity contribution in [3.8, 4) is 0 Å². The van der Waals surface area contributed by atoms with Crippen molar-refractivity contribution in [3.63, 3.8) is 0 Å². The highest BCUT2D eigenvalue weighted by Gasteiger charge is 2.39. The fraction of sp³-hybridized carbons (Fsp3) is 0.471. The van der Waals surface area contributed by atoms with E-state index in [0.717, 1.165) is 24.3 Å². The Hall–Kier alpha value is -1.43. The van der Waals surface area contributed by atoms with Crippen molar-refractivity contribution < 1.29 is 14.2 Å². The van der Waals surface area contributed by atoms with Crippen LogP contribution in [0.2, 0.25) is 5.02 Å². The zero-order valence-corrected chi connectivity index (χ0v) is 14.0. The van der Waals surface area contributed by atoms with E-state index in [4.69, 9.17) is 16.3 Å². The van der Waals surface area contributed by atoms with E-state index in [-0.39, 0.29) is 17.8 Å².